The Morgan fingerprint density at radius 3 is 2.83 bits per heavy atom. The van der Waals surface area contributed by atoms with Gasteiger partial charge < -0.3 is 10.1 Å². The minimum Gasteiger partial charge on any atom is -0.445 e. The topological polar surface area (TPSA) is 38.3 Å². The quantitative estimate of drug-likeness (QED) is 0.896. The van der Waals surface area contributed by atoms with Crippen LogP contribution in [0.25, 0.3) is 0 Å². The van der Waals surface area contributed by atoms with Gasteiger partial charge in [-0.2, -0.15) is 0 Å². The number of amides is 1. The van der Waals surface area contributed by atoms with Crippen LogP contribution in [0.4, 0.5) is 9.18 Å². The summed E-state index contributed by atoms with van der Waals surface area (Å²) in [5.41, 5.74) is -0.395. The first-order valence-corrected chi connectivity index (χ1v) is 6.24. The zero-order chi connectivity index (χ0) is 13.0. The monoisotopic (exact) mass is 251 g/mol. The van der Waals surface area contributed by atoms with Crippen molar-refractivity contribution in [2.75, 3.05) is 0 Å². The molecule has 0 heterocycles. The first kappa shape index (κ1) is 12.9. The zero-order valence-corrected chi connectivity index (χ0v) is 10.5. The molecule has 18 heavy (non-hydrogen) atoms. The van der Waals surface area contributed by atoms with Gasteiger partial charge in [-0.25, -0.2) is 9.18 Å². The van der Waals surface area contributed by atoms with Gasteiger partial charge in [0.2, 0.25) is 0 Å². The molecule has 0 spiro atoms. The van der Waals surface area contributed by atoms with Gasteiger partial charge in [0.15, 0.2) is 0 Å². The van der Waals surface area contributed by atoms with Crippen molar-refractivity contribution in [3.05, 3.63) is 35.9 Å². The Kier molecular flexibility index (Phi) is 3.84. The normalized spacial score (nSPS) is 26.9. The van der Waals surface area contributed by atoms with Crippen LogP contribution in [-0.2, 0) is 11.3 Å². The Hall–Kier alpha value is -1.58. The molecule has 3 nitrogen and oxygen atoms in total. The molecule has 0 saturated heterocycles. The van der Waals surface area contributed by atoms with E-state index < -0.39 is 17.8 Å². The maximum absolute atomic E-state index is 13.9. The van der Waals surface area contributed by atoms with Crippen molar-refractivity contribution in [3.8, 4) is 0 Å². The number of carbonyl (C=O) groups excluding carboxylic acids is 1. The number of carbonyl (C=O) groups is 1. The van der Waals surface area contributed by atoms with Crippen molar-refractivity contribution < 1.29 is 13.9 Å². The molecule has 0 aromatic heterocycles. The van der Waals surface area contributed by atoms with E-state index in [-0.39, 0.29) is 6.61 Å². The molecule has 0 radical (unpaired) electrons. The van der Waals surface area contributed by atoms with Gasteiger partial charge in [-0.05, 0) is 31.7 Å². The Balaban J connectivity index is 1.79. The highest BCUT2D eigenvalue weighted by Crippen LogP contribution is 2.33. The van der Waals surface area contributed by atoms with Crippen molar-refractivity contribution in [3.63, 3.8) is 0 Å². The SMILES string of the molecule is CC1(F)CCCC1NC(=O)OCc1ccccc1. The molecule has 2 unspecified atom stereocenters. The number of alkyl carbamates (subject to hydrolysis) is 1. The summed E-state index contributed by atoms with van der Waals surface area (Å²) in [4.78, 5) is 11.6. The summed E-state index contributed by atoms with van der Waals surface area (Å²) in [5.74, 6) is 0. The van der Waals surface area contributed by atoms with Crippen LogP contribution in [0.3, 0.4) is 0 Å². The third-order valence-corrected chi connectivity index (χ3v) is 3.39. The zero-order valence-electron chi connectivity index (χ0n) is 10.5. The highest BCUT2D eigenvalue weighted by molar-refractivity contribution is 5.67. The second kappa shape index (κ2) is 5.38. The molecule has 1 aromatic rings. The van der Waals surface area contributed by atoms with E-state index >= 15 is 0 Å². The number of halogens is 1. The van der Waals surface area contributed by atoms with Crippen LogP contribution in [0.15, 0.2) is 30.3 Å². The van der Waals surface area contributed by atoms with Crippen LogP contribution in [0.2, 0.25) is 0 Å². The van der Waals surface area contributed by atoms with Crippen LogP contribution in [0.5, 0.6) is 0 Å². The molecule has 0 aliphatic heterocycles. The molecule has 1 amide bonds. The standard InChI is InChI=1S/C14H18FNO2/c1-14(15)9-5-8-12(14)16-13(17)18-10-11-6-3-2-4-7-11/h2-4,6-7,12H,5,8-10H2,1H3,(H,16,17). The van der Waals surface area contributed by atoms with Crippen LogP contribution in [0.1, 0.15) is 31.7 Å². The van der Waals surface area contributed by atoms with E-state index in [0.717, 1.165) is 12.0 Å². The third kappa shape index (κ3) is 3.22. The van der Waals surface area contributed by atoms with E-state index in [0.29, 0.717) is 12.8 Å². The van der Waals surface area contributed by atoms with Gasteiger partial charge in [-0.1, -0.05) is 30.3 Å². The number of ether oxygens (including phenoxy) is 1. The molecule has 1 aromatic carbocycles. The maximum atomic E-state index is 13.9. The molecule has 1 N–H and O–H groups in total. The number of alkyl halides is 1. The molecular formula is C14H18FNO2. The second-order valence-electron chi connectivity index (χ2n) is 4.93. The van der Waals surface area contributed by atoms with Gasteiger partial charge in [0.25, 0.3) is 0 Å². The summed E-state index contributed by atoms with van der Waals surface area (Å²) in [5, 5.41) is 2.60. The Morgan fingerprint density at radius 1 is 1.50 bits per heavy atom. The van der Waals surface area contributed by atoms with E-state index in [9.17, 15) is 9.18 Å². The Bertz CT molecular complexity index is 406. The largest absolute Gasteiger partial charge is 0.445 e. The lowest BCUT2D eigenvalue weighted by molar-refractivity contribution is 0.111. The summed E-state index contributed by atoms with van der Waals surface area (Å²) >= 11 is 0. The molecular weight excluding hydrogens is 233 g/mol. The Labute approximate surface area is 106 Å². The molecule has 1 aliphatic rings. The Morgan fingerprint density at radius 2 is 2.22 bits per heavy atom. The summed E-state index contributed by atoms with van der Waals surface area (Å²) < 4.78 is 19.0. The number of benzene rings is 1. The van der Waals surface area contributed by atoms with Gasteiger partial charge in [0.05, 0.1) is 6.04 Å². The smallest absolute Gasteiger partial charge is 0.407 e. The molecule has 2 rings (SSSR count). The fraction of sp³-hybridized carbons (Fsp3) is 0.500. The van der Waals surface area contributed by atoms with Gasteiger partial charge in [0.1, 0.15) is 12.3 Å². The summed E-state index contributed by atoms with van der Waals surface area (Å²) in [7, 11) is 0. The van der Waals surface area contributed by atoms with Crippen molar-refractivity contribution in [2.24, 2.45) is 0 Å². The van der Waals surface area contributed by atoms with Gasteiger partial charge in [0, 0.05) is 0 Å². The second-order valence-corrected chi connectivity index (χ2v) is 4.93. The first-order valence-electron chi connectivity index (χ1n) is 6.24. The number of hydrogen-bond acceptors (Lipinski definition) is 2. The highest BCUT2D eigenvalue weighted by Gasteiger charge is 2.40. The van der Waals surface area contributed by atoms with Crippen LogP contribution < -0.4 is 5.32 Å². The summed E-state index contributed by atoms with van der Waals surface area (Å²) in [6.07, 6.45) is 1.43. The molecule has 1 saturated carbocycles. The van der Waals surface area contributed by atoms with Crippen LogP contribution >= 0.6 is 0 Å². The maximum Gasteiger partial charge on any atom is 0.407 e. The fourth-order valence-corrected chi connectivity index (χ4v) is 2.26. The lowest BCUT2D eigenvalue weighted by atomic mass is 10.0. The van der Waals surface area contributed by atoms with Crippen molar-refractivity contribution in [1.82, 2.24) is 5.32 Å². The van der Waals surface area contributed by atoms with Gasteiger partial charge in [-0.3, -0.25) is 0 Å². The predicted octanol–water partition coefficient (Wildman–Crippen LogP) is 3.19. The molecule has 2 atom stereocenters. The lowest BCUT2D eigenvalue weighted by Crippen LogP contribution is -2.44. The average Bonchev–Trinajstić information content (AvgIpc) is 2.68. The first-order chi connectivity index (χ1) is 8.58. The molecule has 1 aliphatic carbocycles. The minimum absolute atomic E-state index is 0.211. The highest BCUT2D eigenvalue weighted by atomic mass is 19.1. The number of hydrogen-bond donors (Lipinski definition) is 1. The van der Waals surface area contributed by atoms with E-state index in [1.165, 1.54) is 6.92 Å². The van der Waals surface area contributed by atoms with E-state index in [2.05, 4.69) is 5.32 Å². The number of rotatable bonds is 3. The van der Waals surface area contributed by atoms with Gasteiger partial charge in [-0.15, -0.1) is 0 Å². The van der Waals surface area contributed by atoms with Gasteiger partial charge >= 0.3 is 6.09 Å². The molecule has 0 bridgehead atoms. The van der Waals surface area contributed by atoms with Crippen LogP contribution in [-0.4, -0.2) is 17.8 Å². The predicted molar refractivity (Wildman–Crippen MR) is 66.9 cm³/mol. The van der Waals surface area contributed by atoms with E-state index in [1.54, 1.807) is 0 Å². The third-order valence-electron chi connectivity index (χ3n) is 3.39. The summed E-state index contributed by atoms with van der Waals surface area (Å²) in [6.45, 7) is 1.74. The lowest BCUT2D eigenvalue weighted by Gasteiger charge is -2.23. The average molecular weight is 251 g/mol. The molecule has 98 valence electrons. The van der Waals surface area contributed by atoms with E-state index in [1.807, 2.05) is 30.3 Å². The van der Waals surface area contributed by atoms with E-state index in [4.69, 9.17) is 4.74 Å². The summed E-state index contributed by atoms with van der Waals surface area (Å²) in [6, 6.07) is 8.99. The molecule has 1 fully saturated rings. The van der Waals surface area contributed by atoms with Crippen molar-refractivity contribution in [1.29, 1.82) is 0 Å². The fourth-order valence-electron chi connectivity index (χ4n) is 2.26. The molecule has 4 heteroatoms. The minimum atomic E-state index is -1.31. The van der Waals surface area contributed by atoms with Crippen LogP contribution in [0, 0.1) is 0 Å². The van der Waals surface area contributed by atoms with Crippen molar-refractivity contribution >= 4 is 6.09 Å². The number of nitrogens with one attached hydrogen (secondary N) is 1. The van der Waals surface area contributed by atoms with Crippen molar-refractivity contribution in [2.45, 2.75) is 44.5 Å².